The number of H-pyrrole nitrogens is 1. The van der Waals surface area contributed by atoms with Crippen LogP contribution in [0.15, 0.2) is 27.8 Å². The highest BCUT2D eigenvalue weighted by atomic mass is 127. The maximum atomic E-state index is 5.31. The lowest BCUT2D eigenvalue weighted by molar-refractivity contribution is 0.223. The number of hydrogen-bond acceptors (Lipinski definition) is 5. The summed E-state index contributed by atoms with van der Waals surface area (Å²) in [6.07, 6.45) is 2.79. The first-order valence-electron chi connectivity index (χ1n) is 8.89. The van der Waals surface area contributed by atoms with E-state index >= 15 is 0 Å². The van der Waals surface area contributed by atoms with Crippen molar-refractivity contribution in [3.05, 3.63) is 24.2 Å². The lowest BCUT2D eigenvalue weighted by Gasteiger charge is -2.27. The molecule has 8 nitrogen and oxygen atoms in total. The van der Waals surface area contributed by atoms with Gasteiger partial charge in [-0.15, -0.1) is 29.1 Å². The maximum Gasteiger partial charge on any atom is 0.216 e. The number of hydrogen-bond donors (Lipinski definition) is 2. The van der Waals surface area contributed by atoms with E-state index in [1.54, 1.807) is 6.26 Å². The molecule has 3 heterocycles. The molecule has 1 aliphatic rings. The van der Waals surface area contributed by atoms with Crippen molar-refractivity contribution in [1.29, 1.82) is 0 Å². The van der Waals surface area contributed by atoms with Gasteiger partial charge in [0.05, 0.1) is 12.8 Å². The molecule has 0 spiro atoms. The van der Waals surface area contributed by atoms with Gasteiger partial charge in [0, 0.05) is 26.2 Å². The third kappa shape index (κ3) is 4.76. The molecule has 2 N–H and O–H groups in total. The Morgan fingerprint density at radius 1 is 1.46 bits per heavy atom. The Hall–Kier alpha value is -1.62. The highest BCUT2D eigenvalue weighted by Gasteiger charge is 2.28. The zero-order valence-electron chi connectivity index (χ0n) is 15.6. The molecule has 144 valence electrons. The van der Waals surface area contributed by atoms with Gasteiger partial charge in [-0.2, -0.15) is 0 Å². The van der Waals surface area contributed by atoms with E-state index in [-0.39, 0.29) is 24.0 Å². The van der Waals surface area contributed by atoms with Crippen LogP contribution in [0.1, 0.15) is 26.1 Å². The predicted octanol–water partition coefficient (Wildman–Crippen LogP) is 2.17. The number of nitrogens with one attached hydrogen (secondary N) is 2. The van der Waals surface area contributed by atoms with Crippen molar-refractivity contribution in [2.24, 2.45) is 4.99 Å². The highest BCUT2D eigenvalue weighted by Crippen LogP contribution is 2.16. The quantitative estimate of drug-likeness (QED) is 0.380. The lowest BCUT2D eigenvalue weighted by atomic mass is 10.2. The number of aromatic amines is 1. The van der Waals surface area contributed by atoms with E-state index in [2.05, 4.69) is 49.1 Å². The molecule has 0 saturated carbocycles. The topological polar surface area (TPSA) is 85.6 Å². The predicted molar refractivity (Wildman–Crippen MR) is 113 cm³/mol. The molecule has 2 aromatic rings. The standard InChI is InChI=1S/C17H27N7O.HI/c1-4-23(5-2)13-8-9-24(12-13)17(18-3)19-11-15-20-16(22-21-15)14-7-6-10-25-14;/h6-7,10,13H,4-5,8-9,11-12H2,1-3H3,(H,18,19)(H,20,21,22);1H. The van der Waals surface area contributed by atoms with Gasteiger partial charge in [0.25, 0.3) is 0 Å². The van der Waals surface area contributed by atoms with Gasteiger partial charge >= 0.3 is 0 Å². The number of aliphatic imine (C=N–C) groups is 1. The van der Waals surface area contributed by atoms with Crippen molar-refractivity contribution in [2.75, 3.05) is 33.2 Å². The summed E-state index contributed by atoms with van der Waals surface area (Å²) < 4.78 is 5.31. The minimum Gasteiger partial charge on any atom is -0.461 e. The second-order valence-corrected chi connectivity index (χ2v) is 6.09. The summed E-state index contributed by atoms with van der Waals surface area (Å²) in [4.78, 5) is 13.7. The van der Waals surface area contributed by atoms with Crippen LogP contribution in [0.25, 0.3) is 11.6 Å². The second-order valence-electron chi connectivity index (χ2n) is 6.09. The first-order chi connectivity index (χ1) is 12.2. The summed E-state index contributed by atoms with van der Waals surface area (Å²) in [7, 11) is 1.82. The van der Waals surface area contributed by atoms with Crippen molar-refractivity contribution >= 4 is 29.9 Å². The summed E-state index contributed by atoms with van der Waals surface area (Å²) in [6.45, 7) is 9.21. The van der Waals surface area contributed by atoms with Gasteiger partial charge in [0.15, 0.2) is 11.7 Å². The van der Waals surface area contributed by atoms with Crippen LogP contribution >= 0.6 is 24.0 Å². The lowest BCUT2D eigenvalue weighted by Crippen LogP contribution is -2.43. The smallest absolute Gasteiger partial charge is 0.216 e. The molecule has 26 heavy (non-hydrogen) atoms. The molecular formula is C17H28IN7O. The number of nitrogens with zero attached hydrogens (tertiary/aromatic N) is 5. The minimum absolute atomic E-state index is 0. The molecule has 9 heteroatoms. The Bertz CT molecular complexity index is 681. The van der Waals surface area contributed by atoms with E-state index in [9.17, 15) is 0 Å². The Labute approximate surface area is 171 Å². The second kappa shape index (κ2) is 9.91. The van der Waals surface area contributed by atoms with Gasteiger partial charge < -0.3 is 14.6 Å². The third-order valence-corrected chi connectivity index (χ3v) is 4.69. The van der Waals surface area contributed by atoms with E-state index in [1.807, 2.05) is 19.2 Å². The number of halogens is 1. The number of likely N-dealkylation sites (N-methyl/N-ethyl adjacent to an activating group) is 1. The van der Waals surface area contributed by atoms with Crippen molar-refractivity contribution < 1.29 is 4.42 Å². The summed E-state index contributed by atoms with van der Waals surface area (Å²) in [6, 6.07) is 4.27. The number of guanidine groups is 1. The monoisotopic (exact) mass is 473 g/mol. The minimum atomic E-state index is 0. The van der Waals surface area contributed by atoms with E-state index in [0.717, 1.165) is 38.0 Å². The summed E-state index contributed by atoms with van der Waals surface area (Å²) in [5.41, 5.74) is 0. The highest BCUT2D eigenvalue weighted by molar-refractivity contribution is 14.0. The zero-order chi connectivity index (χ0) is 17.6. The van der Waals surface area contributed by atoms with Crippen LogP contribution in [0.4, 0.5) is 0 Å². The van der Waals surface area contributed by atoms with Crippen LogP contribution in [0.2, 0.25) is 0 Å². The van der Waals surface area contributed by atoms with Gasteiger partial charge in [0.1, 0.15) is 5.82 Å². The molecule has 0 radical (unpaired) electrons. The molecule has 1 aliphatic heterocycles. The Morgan fingerprint density at radius 3 is 2.92 bits per heavy atom. The van der Waals surface area contributed by atoms with Crippen molar-refractivity contribution in [2.45, 2.75) is 32.9 Å². The third-order valence-electron chi connectivity index (χ3n) is 4.69. The van der Waals surface area contributed by atoms with Gasteiger partial charge in [-0.25, -0.2) is 4.98 Å². The van der Waals surface area contributed by atoms with E-state index < -0.39 is 0 Å². The van der Waals surface area contributed by atoms with Crippen LogP contribution in [0.5, 0.6) is 0 Å². The first-order valence-corrected chi connectivity index (χ1v) is 8.89. The molecule has 0 aliphatic carbocycles. The van der Waals surface area contributed by atoms with E-state index in [1.165, 1.54) is 6.42 Å². The normalized spacial score (nSPS) is 17.6. The fourth-order valence-corrected chi connectivity index (χ4v) is 3.36. The zero-order valence-corrected chi connectivity index (χ0v) is 17.9. The SMILES string of the molecule is CCN(CC)C1CCN(C(=NC)NCc2nc(-c3ccco3)n[nH]2)C1.I. The summed E-state index contributed by atoms with van der Waals surface area (Å²) in [5, 5.41) is 10.5. The van der Waals surface area contributed by atoms with Crippen LogP contribution in [0.3, 0.4) is 0 Å². The molecule has 1 saturated heterocycles. The maximum absolute atomic E-state index is 5.31. The van der Waals surface area contributed by atoms with Crippen LogP contribution < -0.4 is 5.32 Å². The van der Waals surface area contributed by atoms with Gasteiger partial charge in [0.2, 0.25) is 5.82 Å². The largest absolute Gasteiger partial charge is 0.461 e. The number of likely N-dealkylation sites (tertiary alicyclic amines) is 1. The fourth-order valence-electron chi connectivity index (χ4n) is 3.36. The Balaban J connectivity index is 0.00000243. The van der Waals surface area contributed by atoms with Gasteiger partial charge in [-0.05, 0) is 31.6 Å². The van der Waals surface area contributed by atoms with Crippen molar-refractivity contribution in [3.63, 3.8) is 0 Å². The van der Waals surface area contributed by atoms with Crippen molar-refractivity contribution in [3.8, 4) is 11.6 Å². The van der Waals surface area contributed by atoms with Gasteiger partial charge in [-0.3, -0.25) is 15.0 Å². The van der Waals surface area contributed by atoms with E-state index in [4.69, 9.17) is 4.42 Å². The fraction of sp³-hybridized carbons (Fsp3) is 0.588. The van der Waals surface area contributed by atoms with Crippen LogP contribution in [-0.2, 0) is 6.54 Å². The molecule has 1 fully saturated rings. The van der Waals surface area contributed by atoms with Crippen molar-refractivity contribution in [1.82, 2.24) is 30.3 Å². The Kier molecular flexibility index (Phi) is 7.88. The molecule has 0 aromatic carbocycles. The number of aromatic nitrogens is 3. The molecule has 0 bridgehead atoms. The molecule has 0 amide bonds. The van der Waals surface area contributed by atoms with Crippen LogP contribution in [-0.4, -0.2) is 70.2 Å². The molecule has 1 atom stereocenters. The molecule has 3 rings (SSSR count). The summed E-state index contributed by atoms with van der Waals surface area (Å²) >= 11 is 0. The number of rotatable bonds is 6. The van der Waals surface area contributed by atoms with Gasteiger partial charge in [-0.1, -0.05) is 13.8 Å². The number of furan rings is 1. The Morgan fingerprint density at radius 2 is 2.27 bits per heavy atom. The first kappa shape index (κ1) is 20.7. The average Bonchev–Trinajstić information content (AvgIpc) is 3.38. The molecule has 2 aromatic heterocycles. The molecular weight excluding hydrogens is 445 g/mol. The molecule has 1 unspecified atom stereocenters. The average molecular weight is 473 g/mol. The summed E-state index contributed by atoms with van der Waals surface area (Å²) in [5.74, 6) is 2.89. The van der Waals surface area contributed by atoms with E-state index in [0.29, 0.717) is 24.2 Å². The van der Waals surface area contributed by atoms with Crippen LogP contribution in [0, 0.1) is 0 Å².